The van der Waals surface area contributed by atoms with Crippen LogP contribution in [-0.2, 0) is 0 Å². The van der Waals surface area contributed by atoms with Crippen LogP contribution < -0.4 is 5.73 Å². The minimum absolute atomic E-state index is 0.363. The Hall–Kier alpha value is -0.800. The van der Waals surface area contributed by atoms with Crippen LogP contribution in [0.2, 0.25) is 0 Å². The molecule has 3 nitrogen and oxygen atoms in total. The first kappa shape index (κ1) is 12.7. The number of nitrogens with zero attached hydrogens (tertiary/aromatic N) is 1. The normalized spacial score (nSPS) is 26.6. The van der Waals surface area contributed by atoms with E-state index in [2.05, 4.69) is 30.9 Å². The maximum absolute atomic E-state index is 5.93. The predicted molar refractivity (Wildman–Crippen MR) is 69.8 cm³/mol. The molecule has 2 rings (SSSR count). The van der Waals surface area contributed by atoms with E-state index in [-0.39, 0.29) is 0 Å². The van der Waals surface area contributed by atoms with Crippen LogP contribution in [0.25, 0.3) is 0 Å². The summed E-state index contributed by atoms with van der Waals surface area (Å²) >= 11 is 0. The monoisotopic (exact) mass is 236 g/mol. The second kappa shape index (κ2) is 5.23. The van der Waals surface area contributed by atoms with Crippen molar-refractivity contribution in [2.45, 2.75) is 45.7 Å². The minimum Gasteiger partial charge on any atom is -0.465 e. The van der Waals surface area contributed by atoms with Gasteiger partial charge < -0.3 is 10.2 Å². The predicted octanol–water partition coefficient (Wildman–Crippen LogP) is 2.71. The summed E-state index contributed by atoms with van der Waals surface area (Å²) in [6.45, 7) is 8.40. The van der Waals surface area contributed by atoms with E-state index in [1.54, 1.807) is 0 Å². The molecule has 0 amide bonds. The van der Waals surface area contributed by atoms with Gasteiger partial charge in [0.2, 0.25) is 0 Å². The highest BCUT2D eigenvalue weighted by Gasteiger charge is 2.34. The summed E-state index contributed by atoms with van der Waals surface area (Å²) in [6, 6.07) is 5.07. The molecule has 3 heteroatoms. The molecule has 0 spiro atoms. The highest BCUT2D eigenvalue weighted by molar-refractivity contribution is 5.12. The molecule has 17 heavy (non-hydrogen) atoms. The Kier molecular flexibility index (Phi) is 3.89. The Labute approximate surface area is 104 Å². The molecule has 0 bridgehead atoms. The zero-order valence-corrected chi connectivity index (χ0v) is 11.1. The van der Waals surface area contributed by atoms with Crippen molar-refractivity contribution in [3.63, 3.8) is 0 Å². The van der Waals surface area contributed by atoms with Crippen molar-refractivity contribution in [3.8, 4) is 0 Å². The highest BCUT2D eigenvalue weighted by atomic mass is 16.3. The molecule has 0 aromatic carbocycles. The van der Waals surface area contributed by atoms with Crippen molar-refractivity contribution < 1.29 is 4.42 Å². The van der Waals surface area contributed by atoms with Gasteiger partial charge in [0.1, 0.15) is 11.5 Å². The van der Waals surface area contributed by atoms with E-state index in [0.29, 0.717) is 18.0 Å². The van der Waals surface area contributed by atoms with E-state index in [9.17, 15) is 0 Å². The lowest BCUT2D eigenvalue weighted by Crippen LogP contribution is -2.44. The van der Waals surface area contributed by atoms with Crippen LogP contribution in [0.4, 0.5) is 0 Å². The SMILES string of the molecule is Cc1ccc(C2C(CN)CCCN2C(C)C)o1. The van der Waals surface area contributed by atoms with Crippen LogP contribution in [0.5, 0.6) is 0 Å². The van der Waals surface area contributed by atoms with E-state index < -0.39 is 0 Å². The largest absolute Gasteiger partial charge is 0.465 e. The Morgan fingerprint density at radius 1 is 1.47 bits per heavy atom. The minimum atomic E-state index is 0.363. The summed E-state index contributed by atoms with van der Waals surface area (Å²) in [5.74, 6) is 2.60. The third-order valence-electron chi connectivity index (χ3n) is 3.81. The second-order valence-electron chi connectivity index (χ2n) is 5.36. The van der Waals surface area contributed by atoms with Crippen LogP contribution in [-0.4, -0.2) is 24.0 Å². The van der Waals surface area contributed by atoms with E-state index in [1.165, 1.54) is 12.8 Å². The average molecular weight is 236 g/mol. The molecule has 1 saturated heterocycles. The lowest BCUT2D eigenvalue weighted by Gasteiger charge is -2.42. The highest BCUT2D eigenvalue weighted by Crippen LogP contribution is 2.37. The lowest BCUT2D eigenvalue weighted by atomic mass is 9.86. The zero-order chi connectivity index (χ0) is 12.4. The van der Waals surface area contributed by atoms with Crippen molar-refractivity contribution in [3.05, 3.63) is 23.7 Å². The summed E-state index contributed by atoms with van der Waals surface area (Å²) in [5.41, 5.74) is 5.93. The first-order chi connectivity index (χ1) is 8.13. The molecule has 0 saturated carbocycles. The second-order valence-corrected chi connectivity index (χ2v) is 5.36. The summed E-state index contributed by atoms with van der Waals surface area (Å²) in [5, 5.41) is 0. The van der Waals surface area contributed by atoms with Gasteiger partial charge in [0.25, 0.3) is 0 Å². The Balaban J connectivity index is 2.28. The Morgan fingerprint density at radius 3 is 2.76 bits per heavy atom. The molecule has 0 radical (unpaired) electrons. The number of aryl methyl sites for hydroxylation is 1. The zero-order valence-electron chi connectivity index (χ0n) is 11.1. The maximum atomic E-state index is 5.93. The van der Waals surface area contributed by atoms with Crippen LogP contribution in [0.3, 0.4) is 0 Å². The first-order valence-electron chi connectivity index (χ1n) is 6.65. The molecule has 1 aromatic heterocycles. The van der Waals surface area contributed by atoms with E-state index in [1.807, 2.05) is 6.92 Å². The topological polar surface area (TPSA) is 42.4 Å². The van der Waals surface area contributed by atoms with Gasteiger partial charge in [-0.3, -0.25) is 4.90 Å². The molecule has 1 aromatic rings. The number of rotatable bonds is 3. The lowest BCUT2D eigenvalue weighted by molar-refractivity contribution is 0.0519. The molecule has 1 aliphatic heterocycles. The fraction of sp³-hybridized carbons (Fsp3) is 0.714. The summed E-state index contributed by atoms with van der Waals surface area (Å²) < 4.78 is 5.84. The van der Waals surface area contributed by atoms with Gasteiger partial charge >= 0.3 is 0 Å². The molecule has 2 atom stereocenters. The van der Waals surface area contributed by atoms with Crippen LogP contribution in [0, 0.1) is 12.8 Å². The number of hydrogen-bond acceptors (Lipinski definition) is 3. The summed E-state index contributed by atoms with van der Waals surface area (Å²) in [6.07, 6.45) is 2.46. The fourth-order valence-corrected chi connectivity index (χ4v) is 2.94. The quantitative estimate of drug-likeness (QED) is 0.877. The van der Waals surface area contributed by atoms with Gasteiger partial charge in [-0.2, -0.15) is 0 Å². The Bertz CT molecular complexity index is 359. The first-order valence-corrected chi connectivity index (χ1v) is 6.65. The maximum Gasteiger partial charge on any atom is 0.121 e. The fourth-order valence-electron chi connectivity index (χ4n) is 2.94. The van der Waals surface area contributed by atoms with E-state index >= 15 is 0 Å². The van der Waals surface area contributed by atoms with Gasteiger partial charge in [-0.15, -0.1) is 0 Å². The average Bonchev–Trinajstić information content (AvgIpc) is 2.74. The van der Waals surface area contributed by atoms with Gasteiger partial charge in [-0.25, -0.2) is 0 Å². The smallest absolute Gasteiger partial charge is 0.121 e. The van der Waals surface area contributed by atoms with Crippen LogP contribution in [0.15, 0.2) is 16.5 Å². The molecular formula is C14H24N2O. The molecule has 2 heterocycles. The third kappa shape index (κ3) is 2.55. The Morgan fingerprint density at radius 2 is 2.24 bits per heavy atom. The number of likely N-dealkylation sites (tertiary alicyclic amines) is 1. The van der Waals surface area contributed by atoms with Crippen LogP contribution >= 0.6 is 0 Å². The van der Waals surface area contributed by atoms with E-state index in [0.717, 1.165) is 24.6 Å². The van der Waals surface area contributed by atoms with Crippen molar-refractivity contribution >= 4 is 0 Å². The van der Waals surface area contributed by atoms with Crippen LogP contribution in [0.1, 0.15) is 44.3 Å². The van der Waals surface area contributed by atoms with Crippen molar-refractivity contribution in [2.75, 3.05) is 13.1 Å². The molecular weight excluding hydrogens is 212 g/mol. The van der Waals surface area contributed by atoms with Crippen molar-refractivity contribution in [2.24, 2.45) is 11.7 Å². The van der Waals surface area contributed by atoms with Crippen molar-refractivity contribution in [1.29, 1.82) is 0 Å². The van der Waals surface area contributed by atoms with Gasteiger partial charge in [-0.05, 0) is 64.8 Å². The van der Waals surface area contributed by atoms with Gasteiger partial charge in [0.05, 0.1) is 6.04 Å². The number of nitrogens with two attached hydrogens (primary N) is 1. The molecule has 2 N–H and O–H groups in total. The summed E-state index contributed by atoms with van der Waals surface area (Å²) in [7, 11) is 0. The molecule has 1 fully saturated rings. The molecule has 2 unspecified atom stereocenters. The van der Waals surface area contributed by atoms with Gasteiger partial charge in [0, 0.05) is 6.04 Å². The number of furan rings is 1. The number of hydrogen-bond donors (Lipinski definition) is 1. The van der Waals surface area contributed by atoms with E-state index in [4.69, 9.17) is 10.2 Å². The third-order valence-corrected chi connectivity index (χ3v) is 3.81. The molecule has 0 aliphatic carbocycles. The van der Waals surface area contributed by atoms with Gasteiger partial charge in [0.15, 0.2) is 0 Å². The standard InChI is InChI=1S/C14H24N2O/c1-10(2)16-8-4-5-12(9-15)14(16)13-7-6-11(3)17-13/h6-7,10,12,14H,4-5,8-9,15H2,1-3H3. The molecule has 96 valence electrons. The van der Waals surface area contributed by atoms with Crippen molar-refractivity contribution in [1.82, 2.24) is 4.90 Å². The van der Waals surface area contributed by atoms with Gasteiger partial charge in [-0.1, -0.05) is 0 Å². The molecule has 1 aliphatic rings. The number of piperidine rings is 1. The summed E-state index contributed by atoms with van der Waals surface area (Å²) in [4.78, 5) is 2.53.